The van der Waals surface area contributed by atoms with Gasteiger partial charge in [-0.05, 0) is 35.0 Å². The van der Waals surface area contributed by atoms with Gasteiger partial charge in [0.15, 0.2) is 0 Å². The van der Waals surface area contributed by atoms with Crippen LogP contribution in [-0.4, -0.2) is 54.7 Å². The number of carbonyl (C=O) groups is 1. The number of hydrogen-bond donors (Lipinski definition) is 0. The third-order valence-electron chi connectivity index (χ3n) is 4.30. The van der Waals surface area contributed by atoms with E-state index in [1.54, 1.807) is 17.0 Å². The van der Waals surface area contributed by atoms with Crippen molar-refractivity contribution < 1.29 is 13.2 Å². The second-order valence-corrected chi connectivity index (χ2v) is 13.1. The van der Waals surface area contributed by atoms with Gasteiger partial charge in [0.05, 0.1) is 14.5 Å². The molecule has 148 valence electrons. The van der Waals surface area contributed by atoms with E-state index < -0.39 is 10.0 Å². The van der Waals surface area contributed by atoms with Crippen molar-refractivity contribution in [2.75, 3.05) is 26.2 Å². The lowest BCUT2D eigenvalue weighted by atomic mass is 9.98. The summed E-state index contributed by atoms with van der Waals surface area (Å²) in [5, 5.41) is 0.938. The zero-order valence-corrected chi connectivity index (χ0v) is 19.7. The van der Waals surface area contributed by atoms with E-state index in [2.05, 4.69) is 41.7 Å². The summed E-state index contributed by atoms with van der Waals surface area (Å²) in [5.41, 5.74) is 0.642. The summed E-state index contributed by atoms with van der Waals surface area (Å²) < 4.78 is 28.0. The minimum atomic E-state index is -3.50. The van der Waals surface area contributed by atoms with Crippen LogP contribution in [0.15, 0.2) is 20.1 Å². The quantitative estimate of drug-likeness (QED) is 0.655. The number of thiophene rings is 1. The van der Waals surface area contributed by atoms with Crippen LogP contribution in [0.5, 0.6) is 0 Å². The molecule has 0 radical (unpaired) electrons. The van der Waals surface area contributed by atoms with Gasteiger partial charge in [0.25, 0.3) is 15.9 Å². The van der Waals surface area contributed by atoms with Gasteiger partial charge in [-0.15, -0.1) is 22.7 Å². The summed E-state index contributed by atoms with van der Waals surface area (Å²) >= 11 is 5.94. The van der Waals surface area contributed by atoms with Crippen LogP contribution in [0.1, 0.15) is 41.1 Å². The minimum Gasteiger partial charge on any atom is -0.335 e. The van der Waals surface area contributed by atoms with Crippen LogP contribution in [0.4, 0.5) is 0 Å². The van der Waals surface area contributed by atoms with Crippen LogP contribution in [0.25, 0.3) is 0 Å². The van der Waals surface area contributed by atoms with Crippen LogP contribution in [-0.2, 0) is 15.4 Å². The number of rotatable bonds is 3. The third-order valence-corrected chi connectivity index (χ3v) is 9.86. The van der Waals surface area contributed by atoms with E-state index in [4.69, 9.17) is 0 Å². The molecule has 0 aliphatic carbocycles. The first kappa shape index (κ1) is 20.9. The van der Waals surface area contributed by atoms with Gasteiger partial charge in [0.2, 0.25) is 0 Å². The molecule has 3 rings (SSSR count). The summed E-state index contributed by atoms with van der Waals surface area (Å²) in [4.78, 5) is 19.8. The molecule has 0 bridgehead atoms. The first-order valence-electron chi connectivity index (χ1n) is 8.53. The van der Waals surface area contributed by atoms with Gasteiger partial charge in [0, 0.05) is 31.6 Å². The van der Waals surface area contributed by atoms with Gasteiger partial charge in [-0.2, -0.15) is 4.31 Å². The van der Waals surface area contributed by atoms with E-state index in [-0.39, 0.29) is 11.3 Å². The van der Waals surface area contributed by atoms with Crippen molar-refractivity contribution >= 4 is 54.5 Å². The largest absolute Gasteiger partial charge is 0.335 e. The second kappa shape index (κ2) is 7.55. The van der Waals surface area contributed by atoms with Crippen molar-refractivity contribution in [2.24, 2.45) is 0 Å². The monoisotopic (exact) mass is 491 g/mol. The first-order valence-corrected chi connectivity index (χ1v) is 12.4. The summed E-state index contributed by atoms with van der Waals surface area (Å²) in [5.74, 6) is -0.0589. The normalized spacial score (nSPS) is 16.7. The average molecular weight is 492 g/mol. The number of aromatic nitrogens is 1. The van der Waals surface area contributed by atoms with E-state index in [1.165, 1.54) is 27.0 Å². The van der Waals surface area contributed by atoms with Crippen molar-refractivity contribution in [1.82, 2.24) is 14.2 Å². The highest BCUT2D eigenvalue weighted by molar-refractivity contribution is 9.11. The molecule has 3 heterocycles. The van der Waals surface area contributed by atoms with Crippen LogP contribution < -0.4 is 0 Å². The molecule has 6 nitrogen and oxygen atoms in total. The Hall–Kier alpha value is -0.810. The van der Waals surface area contributed by atoms with Crippen molar-refractivity contribution in [3.8, 4) is 0 Å². The van der Waals surface area contributed by atoms with Crippen molar-refractivity contribution in [3.05, 3.63) is 31.5 Å². The van der Waals surface area contributed by atoms with Crippen LogP contribution in [0, 0.1) is 6.92 Å². The first-order chi connectivity index (χ1) is 12.5. The van der Waals surface area contributed by atoms with Crippen molar-refractivity contribution in [3.63, 3.8) is 0 Å². The van der Waals surface area contributed by atoms with Gasteiger partial charge < -0.3 is 4.90 Å². The number of thiazole rings is 1. The number of nitrogens with zero attached hydrogens (tertiary/aromatic N) is 3. The Morgan fingerprint density at radius 2 is 1.78 bits per heavy atom. The zero-order valence-electron chi connectivity index (χ0n) is 15.7. The molecule has 2 aromatic rings. The molecule has 0 aromatic carbocycles. The highest BCUT2D eigenvalue weighted by Gasteiger charge is 2.33. The second-order valence-electron chi connectivity index (χ2n) is 7.44. The molecule has 0 spiro atoms. The van der Waals surface area contributed by atoms with Gasteiger partial charge in [-0.3, -0.25) is 4.79 Å². The topological polar surface area (TPSA) is 70.6 Å². The maximum atomic E-state index is 12.9. The van der Waals surface area contributed by atoms with E-state index in [0.717, 1.165) is 14.5 Å². The fourth-order valence-corrected chi connectivity index (χ4v) is 7.43. The number of aryl methyl sites for hydroxylation is 1. The Kier molecular flexibility index (Phi) is 5.85. The molecular weight excluding hydrogens is 470 g/mol. The molecule has 0 saturated carbocycles. The van der Waals surface area contributed by atoms with E-state index in [9.17, 15) is 13.2 Å². The Bertz CT molecular complexity index is 952. The Labute approximate surface area is 176 Å². The molecule has 0 N–H and O–H groups in total. The molecule has 0 unspecified atom stereocenters. The number of piperazine rings is 1. The molecule has 27 heavy (non-hydrogen) atoms. The molecule has 1 fully saturated rings. The lowest BCUT2D eigenvalue weighted by Crippen LogP contribution is -2.50. The number of hydrogen-bond acceptors (Lipinski definition) is 6. The van der Waals surface area contributed by atoms with Gasteiger partial charge in [0.1, 0.15) is 9.09 Å². The number of halogens is 1. The van der Waals surface area contributed by atoms with E-state index >= 15 is 0 Å². The zero-order chi connectivity index (χ0) is 20.0. The molecule has 1 aliphatic heterocycles. The lowest BCUT2D eigenvalue weighted by molar-refractivity contribution is 0.0702. The Morgan fingerprint density at radius 1 is 1.15 bits per heavy atom. The molecule has 0 atom stereocenters. The number of carbonyl (C=O) groups excluding carboxylic acids is 1. The van der Waals surface area contributed by atoms with Gasteiger partial charge in [-0.25, -0.2) is 13.4 Å². The van der Waals surface area contributed by atoms with Crippen molar-refractivity contribution in [1.29, 1.82) is 0 Å². The molecule has 1 amide bonds. The highest BCUT2D eigenvalue weighted by Crippen LogP contribution is 2.31. The lowest BCUT2D eigenvalue weighted by Gasteiger charge is -2.33. The fraction of sp³-hybridized carbons (Fsp3) is 0.529. The Balaban J connectivity index is 1.71. The summed E-state index contributed by atoms with van der Waals surface area (Å²) in [7, 11) is -3.50. The number of sulfonamides is 1. The van der Waals surface area contributed by atoms with E-state index in [1.807, 2.05) is 6.92 Å². The predicted octanol–water partition coefficient (Wildman–Crippen LogP) is 3.72. The van der Waals surface area contributed by atoms with Gasteiger partial charge in [-0.1, -0.05) is 20.8 Å². The Morgan fingerprint density at radius 3 is 2.26 bits per heavy atom. The SMILES string of the molecule is Cc1nc(C(C)(C)C)sc1C(=O)N1CCN(S(=O)(=O)c2ccc(Br)s2)CC1. The summed E-state index contributed by atoms with van der Waals surface area (Å²) in [6.45, 7) is 9.44. The van der Waals surface area contributed by atoms with Gasteiger partial charge >= 0.3 is 0 Å². The minimum absolute atomic E-state index is 0.0589. The maximum Gasteiger partial charge on any atom is 0.265 e. The average Bonchev–Trinajstić information content (AvgIpc) is 3.20. The van der Waals surface area contributed by atoms with Crippen LogP contribution in [0.3, 0.4) is 0 Å². The van der Waals surface area contributed by atoms with E-state index in [0.29, 0.717) is 35.3 Å². The summed E-state index contributed by atoms with van der Waals surface area (Å²) in [6, 6.07) is 3.34. The predicted molar refractivity (Wildman–Crippen MR) is 112 cm³/mol. The molecular formula is C17H22BrN3O3S3. The highest BCUT2D eigenvalue weighted by atomic mass is 79.9. The van der Waals surface area contributed by atoms with Crippen LogP contribution in [0.2, 0.25) is 0 Å². The third kappa shape index (κ3) is 4.29. The van der Waals surface area contributed by atoms with Crippen molar-refractivity contribution in [2.45, 2.75) is 37.3 Å². The number of amides is 1. The fourth-order valence-electron chi connectivity index (χ4n) is 2.75. The maximum absolute atomic E-state index is 12.9. The summed E-state index contributed by atoms with van der Waals surface area (Å²) in [6.07, 6.45) is 0. The molecule has 1 saturated heterocycles. The molecule has 1 aliphatic rings. The standard InChI is InChI=1S/C17H22BrN3O3S3/c1-11-14(26-16(19-11)17(2,3)4)15(22)20-7-9-21(10-8-20)27(23,24)13-6-5-12(18)25-13/h5-6H,7-10H2,1-4H3. The molecule has 2 aromatic heterocycles. The van der Waals surface area contributed by atoms with Crippen LogP contribution >= 0.6 is 38.6 Å². The smallest absolute Gasteiger partial charge is 0.265 e. The molecule has 10 heteroatoms.